The number of carbonyl (C=O) groups excluding carboxylic acids is 1. The van der Waals surface area contributed by atoms with E-state index in [2.05, 4.69) is 43.6 Å². The van der Waals surface area contributed by atoms with E-state index in [1.807, 2.05) is 17.0 Å². The standard InChI is InChI=1S/C16H25BrN2O/c1-5-13(6-2)19(10-11(3)4)16(20)14-9-12(17)7-8-15(14)18/h7-9,11,13H,5-6,10,18H2,1-4H3. The van der Waals surface area contributed by atoms with Crippen molar-refractivity contribution in [3.05, 3.63) is 28.2 Å². The highest BCUT2D eigenvalue weighted by atomic mass is 79.9. The Kier molecular flexibility index (Phi) is 6.53. The van der Waals surface area contributed by atoms with Crippen molar-refractivity contribution in [1.29, 1.82) is 0 Å². The second kappa shape index (κ2) is 7.67. The Morgan fingerprint density at radius 3 is 2.40 bits per heavy atom. The summed E-state index contributed by atoms with van der Waals surface area (Å²) in [6.45, 7) is 9.27. The van der Waals surface area contributed by atoms with Gasteiger partial charge < -0.3 is 10.6 Å². The number of halogens is 1. The van der Waals surface area contributed by atoms with Crippen molar-refractivity contribution in [3.63, 3.8) is 0 Å². The minimum atomic E-state index is 0.0335. The SMILES string of the molecule is CCC(CC)N(CC(C)C)C(=O)c1cc(Br)ccc1N. The zero-order chi connectivity index (χ0) is 15.3. The summed E-state index contributed by atoms with van der Waals surface area (Å²) in [6, 6.07) is 5.71. The molecule has 0 saturated heterocycles. The van der Waals surface area contributed by atoms with Crippen molar-refractivity contribution in [2.45, 2.75) is 46.6 Å². The van der Waals surface area contributed by atoms with E-state index in [1.165, 1.54) is 0 Å². The largest absolute Gasteiger partial charge is 0.398 e. The molecule has 0 spiro atoms. The molecule has 0 fully saturated rings. The van der Waals surface area contributed by atoms with Crippen LogP contribution in [0.25, 0.3) is 0 Å². The summed E-state index contributed by atoms with van der Waals surface area (Å²) in [5, 5.41) is 0. The van der Waals surface area contributed by atoms with Gasteiger partial charge in [-0.05, 0) is 37.0 Å². The number of hydrogen-bond donors (Lipinski definition) is 1. The number of carbonyl (C=O) groups is 1. The molecule has 112 valence electrons. The molecule has 0 radical (unpaired) electrons. The van der Waals surface area contributed by atoms with Gasteiger partial charge in [-0.1, -0.05) is 43.6 Å². The van der Waals surface area contributed by atoms with E-state index in [1.54, 1.807) is 6.07 Å². The lowest BCUT2D eigenvalue weighted by atomic mass is 10.0. The molecule has 1 rings (SSSR count). The Hall–Kier alpha value is -1.03. The second-order valence-electron chi connectivity index (χ2n) is 5.55. The van der Waals surface area contributed by atoms with Gasteiger partial charge in [0.25, 0.3) is 5.91 Å². The summed E-state index contributed by atoms with van der Waals surface area (Å²) in [5.41, 5.74) is 7.10. The van der Waals surface area contributed by atoms with Crippen LogP contribution in [0.2, 0.25) is 0 Å². The molecule has 0 saturated carbocycles. The number of nitrogen functional groups attached to an aromatic ring is 1. The van der Waals surface area contributed by atoms with Gasteiger partial charge in [-0.3, -0.25) is 4.79 Å². The van der Waals surface area contributed by atoms with Crippen molar-refractivity contribution < 1.29 is 4.79 Å². The van der Waals surface area contributed by atoms with Crippen LogP contribution in [0.3, 0.4) is 0 Å². The fourth-order valence-corrected chi connectivity index (χ4v) is 2.75. The fourth-order valence-electron chi connectivity index (χ4n) is 2.39. The molecule has 0 atom stereocenters. The number of nitrogens with two attached hydrogens (primary N) is 1. The molecule has 3 nitrogen and oxygen atoms in total. The Balaban J connectivity index is 3.12. The van der Waals surface area contributed by atoms with E-state index in [4.69, 9.17) is 5.73 Å². The van der Waals surface area contributed by atoms with E-state index in [-0.39, 0.29) is 11.9 Å². The zero-order valence-electron chi connectivity index (χ0n) is 12.8. The monoisotopic (exact) mass is 340 g/mol. The van der Waals surface area contributed by atoms with Crippen LogP contribution in [0.1, 0.15) is 50.9 Å². The summed E-state index contributed by atoms with van der Waals surface area (Å²) in [5.74, 6) is 0.471. The average Bonchev–Trinajstić information content (AvgIpc) is 2.40. The molecule has 0 heterocycles. The van der Waals surface area contributed by atoms with Crippen molar-refractivity contribution in [3.8, 4) is 0 Å². The maximum atomic E-state index is 12.8. The predicted molar refractivity (Wildman–Crippen MR) is 88.8 cm³/mol. The molecular formula is C16H25BrN2O. The Bertz CT molecular complexity index is 456. The first-order valence-corrected chi connectivity index (χ1v) is 8.05. The van der Waals surface area contributed by atoms with Crippen LogP contribution in [0.15, 0.2) is 22.7 Å². The van der Waals surface area contributed by atoms with Gasteiger partial charge >= 0.3 is 0 Å². The smallest absolute Gasteiger partial charge is 0.256 e. The van der Waals surface area contributed by atoms with E-state index < -0.39 is 0 Å². The maximum Gasteiger partial charge on any atom is 0.256 e. The van der Waals surface area contributed by atoms with Gasteiger partial charge in [-0.15, -0.1) is 0 Å². The molecule has 1 aromatic rings. The summed E-state index contributed by atoms with van der Waals surface area (Å²) >= 11 is 3.41. The molecule has 2 N–H and O–H groups in total. The number of nitrogens with zero attached hydrogens (tertiary/aromatic N) is 1. The summed E-state index contributed by atoms with van der Waals surface area (Å²) < 4.78 is 0.879. The van der Waals surface area contributed by atoms with E-state index in [0.29, 0.717) is 17.2 Å². The van der Waals surface area contributed by atoms with Gasteiger partial charge in [0.15, 0.2) is 0 Å². The lowest BCUT2D eigenvalue weighted by molar-refractivity contribution is 0.0641. The number of rotatable bonds is 6. The highest BCUT2D eigenvalue weighted by molar-refractivity contribution is 9.10. The Morgan fingerprint density at radius 1 is 1.30 bits per heavy atom. The highest BCUT2D eigenvalue weighted by Gasteiger charge is 2.24. The lowest BCUT2D eigenvalue weighted by Crippen LogP contribution is -2.42. The quantitative estimate of drug-likeness (QED) is 0.784. The molecule has 0 aliphatic carbocycles. The van der Waals surface area contributed by atoms with Gasteiger partial charge in [-0.2, -0.15) is 0 Å². The summed E-state index contributed by atoms with van der Waals surface area (Å²) in [4.78, 5) is 14.8. The minimum absolute atomic E-state index is 0.0335. The molecule has 1 aromatic carbocycles. The third kappa shape index (κ3) is 4.23. The molecule has 4 heteroatoms. The van der Waals surface area contributed by atoms with Gasteiger partial charge in [0.05, 0.1) is 5.56 Å². The normalized spacial score (nSPS) is 11.2. The van der Waals surface area contributed by atoms with Gasteiger partial charge in [0.1, 0.15) is 0 Å². The molecule has 0 aromatic heterocycles. The van der Waals surface area contributed by atoms with Gasteiger partial charge in [-0.25, -0.2) is 0 Å². The Labute approximate surface area is 130 Å². The van der Waals surface area contributed by atoms with Gasteiger partial charge in [0, 0.05) is 22.7 Å². The van der Waals surface area contributed by atoms with Crippen LogP contribution in [0.5, 0.6) is 0 Å². The van der Waals surface area contributed by atoms with Crippen LogP contribution < -0.4 is 5.73 Å². The number of amides is 1. The first-order chi connectivity index (χ1) is 9.40. The molecule has 0 bridgehead atoms. The highest BCUT2D eigenvalue weighted by Crippen LogP contribution is 2.23. The first kappa shape index (κ1) is 17.0. The zero-order valence-corrected chi connectivity index (χ0v) is 14.4. The third-order valence-corrected chi connectivity index (χ3v) is 3.94. The van der Waals surface area contributed by atoms with Crippen molar-refractivity contribution in [2.75, 3.05) is 12.3 Å². The van der Waals surface area contributed by atoms with Crippen LogP contribution in [-0.4, -0.2) is 23.4 Å². The summed E-state index contributed by atoms with van der Waals surface area (Å²) in [7, 11) is 0. The lowest BCUT2D eigenvalue weighted by Gasteiger charge is -2.32. The van der Waals surface area contributed by atoms with Crippen LogP contribution in [-0.2, 0) is 0 Å². The molecule has 0 unspecified atom stereocenters. The molecule has 0 aliphatic heterocycles. The number of anilines is 1. The van der Waals surface area contributed by atoms with Gasteiger partial charge in [0.2, 0.25) is 0 Å². The van der Waals surface area contributed by atoms with Crippen molar-refractivity contribution >= 4 is 27.5 Å². The maximum absolute atomic E-state index is 12.8. The predicted octanol–water partition coefficient (Wildman–Crippen LogP) is 4.32. The average molecular weight is 341 g/mol. The number of benzene rings is 1. The minimum Gasteiger partial charge on any atom is -0.398 e. The molecule has 1 amide bonds. The third-order valence-electron chi connectivity index (χ3n) is 3.45. The van der Waals surface area contributed by atoms with Crippen molar-refractivity contribution in [2.24, 2.45) is 5.92 Å². The van der Waals surface area contributed by atoms with Crippen LogP contribution in [0, 0.1) is 5.92 Å². The van der Waals surface area contributed by atoms with E-state index in [0.717, 1.165) is 23.9 Å². The van der Waals surface area contributed by atoms with Crippen LogP contribution >= 0.6 is 15.9 Å². The topological polar surface area (TPSA) is 46.3 Å². The molecular weight excluding hydrogens is 316 g/mol. The molecule has 0 aliphatic rings. The summed E-state index contributed by atoms with van der Waals surface area (Å²) in [6.07, 6.45) is 1.92. The van der Waals surface area contributed by atoms with E-state index >= 15 is 0 Å². The molecule has 20 heavy (non-hydrogen) atoms. The fraction of sp³-hybridized carbons (Fsp3) is 0.562. The first-order valence-electron chi connectivity index (χ1n) is 7.26. The van der Waals surface area contributed by atoms with Crippen LogP contribution in [0.4, 0.5) is 5.69 Å². The second-order valence-corrected chi connectivity index (χ2v) is 6.47. The Morgan fingerprint density at radius 2 is 1.90 bits per heavy atom. The van der Waals surface area contributed by atoms with Crippen molar-refractivity contribution in [1.82, 2.24) is 4.90 Å². The number of hydrogen-bond acceptors (Lipinski definition) is 2. The van der Waals surface area contributed by atoms with E-state index in [9.17, 15) is 4.79 Å².